The predicted molar refractivity (Wildman–Crippen MR) is 260 cm³/mol. The van der Waals surface area contributed by atoms with Gasteiger partial charge in [-0.2, -0.15) is 5.10 Å². The Kier molecular flexibility index (Phi) is 12.9. The highest BCUT2D eigenvalue weighted by atomic mass is 19.1. The number of urea groups is 1. The third kappa shape index (κ3) is 9.57. The normalized spacial score (nSPS) is 18.8. The van der Waals surface area contributed by atoms with Crippen LogP contribution >= 0.6 is 0 Å². The lowest BCUT2D eigenvalue weighted by atomic mass is 9.78. The fourth-order valence-electron chi connectivity index (χ4n) is 10.6. The number of hydrogen-bond acceptors (Lipinski definition) is 16. The number of nitrogens with two attached hydrogens (primary N) is 1. The summed E-state index contributed by atoms with van der Waals surface area (Å²) in [7, 11) is 0. The molecule has 72 heavy (non-hydrogen) atoms. The number of imide groups is 1. The molecule has 5 amide bonds. The van der Waals surface area contributed by atoms with Crippen LogP contribution in [-0.2, 0) is 26.4 Å². The molecule has 21 nitrogen and oxygen atoms in total. The second kappa shape index (κ2) is 19.2. The summed E-state index contributed by atoms with van der Waals surface area (Å²) in [6, 6.07) is 1.94. The summed E-state index contributed by atoms with van der Waals surface area (Å²) in [5.74, 6) is -0.0722. The lowest BCUT2D eigenvalue weighted by Gasteiger charge is -2.50. The van der Waals surface area contributed by atoms with Gasteiger partial charge in [0, 0.05) is 96.4 Å². The van der Waals surface area contributed by atoms with Crippen LogP contribution in [0.5, 0.6) is 0 Å². The first-order valence-electron chi connectivity index (χ1n) is 24.8. The highest BCUT2D eigenvalue weighted by Crippen LogP contribution is 2.48. The second-order valence-electron chi connectivity index (χ2n) is 20.9. The Morgan fingerprint density at radius 3 is 2.12 bits per heavy atom. The average molecular weight is 994 g/mol. The molecule has 4 aliphatic heterocycles. The number of piperidine rings is 1. The summed E-state index contributed by atoms with van der Waals surface area (Å²) in [4.78, 5) is 79.4. The number of nitrogens with zero attached hydrogens (tertiary/aromatic N) is 13. The first-order valence-corrected chi connectivity index (χ1v) is 24.8. The van der Waals surface area contributed by atoms with E-state index in [1.54, 1.807) is 27.1 Å². The maximum atomic E-state index is 15.4. The number of nitrogen functional groups attached to an aromatic ring is 1. The second-order valence-corrected chi connectivity index (χ2v) is 20.9. The zero-order valence-electron chi connectivity index (χ0n) is 41.4. The molecule has 23 heteroatoms. The van der Waals surface area contributed by atoms with Gasteiger partial charge in [-0.15, -0.1) is 0 Å². The first kappa shape index (κ1) is 48.6. The molecular formula is C49H61F2N15O6. The highest BCUT2D eigenvalue weighted by Gasteiger charge is 2.41. The van der Waals surface area contributed by atoms with Crippen LogP contribution in [0.2, 0.25) is 0 Å². The van der Waals surface area contributed by atoms with Crippen molar-refractivity contribution in [3.8, 4) is 22.8 Å². The third-order valence-electron chi connectivity index (χ3n) is 15.0. The number of fused-ring (bicyclic) bond motifs is 1. The first-order chi connectivity index (χ1) is 34.4. The highest BCUT2D eigenvalue weighted by molar-refractivity contribution is 6.00. The van der Waals surface area contributed by atoms with Gasteiger partial charge in [-0.3, -0.25) is 19.8 Å². The van der Waals surface area contributed by atoms with E-state index < -0.39 is 29.3 Å². The molecule has 0 bridgehead atoms. The molecule has 1 aliphatic carbocycles. The van der Waals surface area contributed by atoms with Crippen LogP contribution < -0.4 is 20.9 Å². The van der Waals surface area contributed by atoms with E-state index >= 15 is 8.78 Å². The number of benzene rings is 1. The van der Waals surface area contributed by atoms with E-state index in [0.717, 1.165) is 31.4 Å². The molecular weight excluding hydrogens is 933 g/mol. The summed E-state index contributed by atoms with van der Waals surface area (Å²) in [5, 5.41) is 12.2. The molecule has 5 fully saturated rings. The Morgan fingerprint density at radius 2 is 1.49 bits per heavy atom. The molecule has 5 aromatic rings. The van der Waals surface area contributed by atoms with Gasteiger partial charge in [-0.05, 0) is 83.9 Å². The summed E-state index contributed by atoms with van der Waals surface area (Å²) >= 11 is 0. The predicted octanol–water partition coefficient (Wildman–Crippen LogP) is 4.97. The van der Waals surface area contributed by atoms with Crippen molar-refractivity contribution in [1.29, 1.82) is 0 Å². The van der Waals surface area contributed by atoms with Crippen LogP contribution in [0.4, 0.5) is 35.6 Å². The quantitative estimate of drug-likeness (QED) is 0.178. The van der Waals surface area contributed by atoms with Gasteiger partial charge in [0.2, 0.25) is 5.91 Å². The number of rotatable bonds is 11. The standard InChI is InChI=1S/C49H61F2N15O6/c1-48(2,3)66-45-38(43(52)55-28-56-45)39(58-66)40-37(42(72-59-40)30-6-7-30)44-53-24-32(25-54-44)60-14-16-63(17-15-60)47(70)71-27-36(68)61-11-8-31(9-12-61)49(4,5)65-20-18-62(19-21-65)41-33(50)22-29(23-34(41)51)26-64-13-10-35(67)57-46(64)69/h22-25,28,30-31H,6-21,26-27H2,1-5H3,(H2,52,55,56)(H,57,67,69). The molecule has 1 saturated carbocycles. The number of ether oxygens (including phenoxy) is 1. The number of piperazine rings is 2. The molecule has 0 atom stereocenters. The Morgan fingerprint density at radius 1 is 0.819 bits per heavy atom. The largest absolute Gasteiger partial charge is 0.439 e. The van der Waals surface area contributed by atoms with Crippen molar-refractivity contribution in [1.82, 2.24) is 59.8 Å². The smallest absolute Gasteiger partial charge is 0.410 e. The SMILES string of the molecule is CC(C)(C1CCN(C(=O)COC(=O)N2CCN(c3cnc(-c4c(-c5nn(C(C)(C)C)c6ncnc(N)c56)noc4C4CC4)nc3)CC2)CC1)N1CCN(c2c(F)cc(CN3CCC(=O)NC3=O)cc2F)CC1. The van der Waals surface area contributed by atoms with Gasteiger partial charge in [-0.1, -0.05) is 5.16 Å². The topological polar surface area (TPSA) is 230 Å². The Labute approximate surface area is 415 Å². The van der Waals surface area contributed by atoms with Gasteiger partial charge < -0.3 is 39.5 Å². The summed E-state index contributed by atoms with van der Waals surface area (Å²) in [6.45, 7) is 15.2. The number of anilines is 3. The van der Waals surface area contributed by atoms with Gasteiger partial charge >= 0.3 is 12.1 Å². The van der Waals surface area contributed by atoms with E-state index in [1.807, 2.05) is 25.5 Å². The van der Waals surface area contributed by atoms with Crippen molar-refractivity contribution >= 4 is 52.2 Å². The van der Waals surface area contributed by atoms with Crippen molar-refractivity contribution in [3.05, 3.63) is 53.8 Å². The Balaban J connectivity index is 0.683. The minimum atomic E-state index is -0.688. The van der Waals surface area contributed by atoms with Crippen molar-refractivity contribution < 1.29 is 37.2 Å². The molecule has 5 aliphatic rings. The van der Waals surface area contributed by atoms with E-state index in [2.05, 4.69) is 44.1 Å². The number of halogens is 2. The molecule has 4 aromatic heterocycles. The van der Waals surface area contributed by atoms with Crippen LogP contribution in [0.25, 0.3) is 33.8 Å². The van der Waals surface area contributed by atoms with Crippen LogP contribution in [0.1, 0.15) is 84.0 Å². The molecule has 4 saturated heterocycles. The van der Waals surface area contributed by atoms with Gasteiger partial charge in [-0.25, -0.2) is 43.0 Å². The van der Waals surface area contributed by atoms with Crippen molar-refractivity contribution in [2.75, 3.05) is 94.1 Å². The van der Waals surface area contributed by atoms with Crippen LogP contribution in [0.15, 0.2) is 35.4 Å². The van der Waals surface area contributed by atoms with E-state index in [0.29, 0.717) is 111 Å². The number of carbonyl (C=O) groups excluding carboxylic acids is 4. The molecule has 8 heterocycles. The third-order valence-corrected chi connectivity index (χ3v) is 15.0. The van der Waals surface area contributed by atoms with E-state index in [1.165, 1.54) is 23.4 Å². The zero-order valence-corrected chi connectivity index (χ0v) is 41.4. The summed E-state index contributed by atoms with van der Waals surface area (Å²) in [6.07, 6.45) is 8.01. The van der Waals surface area contributed by atoms with Crippen molar-refractivity contribution in [2.24, 2.45) is 5.92 Å². The van der Waals surface area contributed by atoms with Crippen LogP contribution in [0, 0.1) is 17.6 Å². The number of aromatic nitrogens is 7. The lowest BCUT2D eigenvalue weighted by molar-refractivity contribution is -0.136. The zero-order chi connectivity index (χ0) is 50.6. The van der Waals surface area contributed by atoms with Crippen LogP contribution in [0.3, 0.4) is 0 Å². The fourth-order valence-corrected chi connectivity index (χ4v) is 10.6. The van der Waals surface area contributed by atoms with E-state index in [4.69, 9.17) is 30.1 Å². The monoisotopic (exact) mass is 993 g/mol. The number of amides is 5. The number of carbonyl (C=O) groups is 4. The minimum absolute atomic E-state index is 0.00540. The Hall–Kier alpha value is -7.04. The Bertz CT molecular complexity index is 2850. The van der Waals surface area contributed by atoms with Gasteiger partial charge in [0.15, 0.2) is 23.8 Å². The number of likely N-dealkylation sites (tertiary alicyclic amines) is 1. The van der Waals surface area contributed by atoms with Crippen LogP contribution in [-0.4, -0.2) is 163 Å². The van der Waals surface area contributed by atoms with Gasteiger partial charge in [0.1, 0.15) is 40.9 Å². The molecule has 3 N–H and O–H groups in total. The maximum Gasteiger partial charge on any atom is 0.410 e. The fraction of sp³-hybridized carbons (Fsp3) is 0.551. The molecule has 382 valence electrons. The maximum absolute atomic E-state index is 15.4. The molecule has 0 unspecified atom stereocenters. The number of nitrogens with one attached hydrogen (secondary N) is 1. The van der Waals surface area contributed by atoms with Crippen molar-refractivity contribution in [3.63, 3.8) is 0 Å². The minimum Gasteiger partial charge on any atom is -0.439 e. The van der Waals surface area contributed by atoms with Gasteiger partial charge in [0.05, 0.1) is 34.6 Å². The molecule has 10 rings (SSSR count). The van der Waals surface area contributed by atoms with Crippen molar-refractivity contribution in [2.45, 2.75) is 90.3 Å². The van der Waals surface area contributed by atoms with Gasteiger partial charge in [0.25, 0.3) is 5.91 Å². The summed E-state index contributed by atoms with van der Waals surface area (Å²) in [5.41, 5.74) is 9.03. The van der Waals surface area contributed by atoms with E-state index in [-0.39, 0.29) is 66.8 Å². The molecule has 0 radical (unpaired) electrons. The molecule has 1 aromatic carbocycles. The molecule has 0 spiro atoms. The van der Waals surface area contributed by atoms with E-state index in [9.17, 15) is 19.2 Å². The number of hydrogen-bond donors (Lipinski definition) is 2. The average Bonchev–Trinajstić information content (AvgIpc) is 3.98. The lowest BCUT2D eigenvalue weighted by Crippen LogP contribution is -2.59. The summed E-state index contributed by atoms with van der Waals surface area (Å²) < 4.78 is 44.2.